The van der Waals surface area contributed by atoms with Crippen LogP contribution in [0.4, 0.5) is 5.69 Å². The summed E-state index contributed by atoms with van der Waals surface area (Å²) in [6.45, 7) is 2.01. The molecule has 0 amide bonds. The van der Waals surface area contributed by atoms with Gasteiger partial charge in [0.05, 0.1) is 16.4 Å². The first-order valence-electron chi connectivity index (χ1n) is 11.3. The fraction of sp³-hybridized carbons (Fsp3) is 0.0667. The van der Waals surface area contributed by atoms with Crippen LogP contribution in [0, 0.1) is 40.8 Å². The zero-order chi connectivity index (χ0) is 26.3. The van der Waals surface area contributed by atoms with Gasteiger partial charge >= 0.3 is 0 Å². The van der Waals surface area contributed by atoms with Crippen LogP contribution in [0.3, 0.4) is 0 Å². The highest BCUT2D eigenvalue weighted by Crippen LogP contribution is 2.19. The third kappa shape index (κ3) is 6.64. The van der Waals surface area contributed by atoms with E-state index in [2.05, 4.69) is 23.8 Å². The number of hydrogen-bond donors (Lipinski definition) is 0. The van der Waals surface area contributed by atoms with E-state index in [1.165, 1.54) is 12.1 Å². The van der Waals surface area contributed by atoms with Crippen molar-refractivity contribution in [3.63, 3.8) is 0 Å². The molecule has 0 unspecified atom stereocenters. The van der Waals surface area contributed by atoms with Crippen molar-refractivity contribution in [3.8, 4) is 23.8 Å². The zero-order valence-electron chi connectivity index (χ0n) is 20.0. The Hall–Kier alpha value is -4.85. The summed E-state index contributed by atoms with van der Waals surface area (Å²) in [6, 6.07) is 32.0. The van der Waals surface area contributed by atoms with Crippen LogP contribution in [0.5, 0.6) is 0 Å². The quantitative estimate of drug-likeness (QED) is 0.155. The van der Waals surface area contributed by atoms with Gasteiger partial charge in [-0.1, -0.05) is 59.9 Å². The van der Waals surface area contributed by atoms with E-state index in [1.807, 2.05) is 37.3 Å². The molecule has 4 aromatic rings. The van der Waals surface area contributed by atoms with Crippen molar-refractivity contribution in [2.45, 2.75) is 18.4 Å². The van der Waals surface area contributed by atoms with E-state index in [4.69, 9.17) is 0 Å². The standard InChI is InChI=1S/C30H22N2O4S/c1-24-7-19-30(20-8-24)37(35,36)31(23-28-5-3-2-4-6-28)22-21-27-13-11-25(12-14-27)9-10-26-15-17-29(18-16-26)32(33)34/h2-8,11-20H,23H2,1H3. The Bertz CT molecular complexity index is 1620. The Labute approximate surface area is 216 Å². The molecule has 0 spiro atoms. The summed E-state index contributed by atoms with van der Waals surface area (Å²) in [7, 11) is -3.85. The van der Waals surface area contributed by atoms with Crippen LogP contribution in [0.15, 0.2) is 108 Å². The van der Waals surface area contributed by atoms with Crippen molar-refractivity contribution in [2.24, 2.45) is 0 Å². The van der Waals surface area contributed by atoms with Gasteiger partial charge in [-0.2, -0.15) is 0 Å². The molecular weight excluding hydrogens is 484 g/mol. The molecule has 0 bridgehead atoms. The molecule has 0 saturated carbocycles. The Balaban J connectivity index is 1.57. The molecule has 0 saturated heterocycles. The third-order valence-corrected chi connectivity index (χ3v) is 7.09. The molecule has 37 heavy (non-hydrogen) atoms. The molecule has 7 heteroatoms. The SMILES string of the molecule is Cc1ccc(S(=O)(=O)N(C#Cc2ccc(C#Cc3ccc([N+](=O)[O-])cc3)cc2)Cc2ccccc2)cc1. The molecule has 0 N–H and O–H groups in total. The van der Waals surface area contributed by atoms with Crippen molar-refractivity contribution >= 4 is 15.7 Å². The summed E-state index contributed by atoms with van der Waals surface area (Å²) in [5, 5.41) is 10.8. The maximum Gasteiger partial charge on any atom is 0.271 e. The average molecular weight is 507 g/mol. The summed E-state index contributed by atoms with van der Waals surface area (Å²) in [4.78, 5) is 10.5. The van der Waals surface area contributed by atoms with Crippen molar-refractivity contribution in [1.82, 2.24) is 4.31 Å². The Morgan fingerprint density at radius 2 is 1.24 bits per heavy atom. The number of aryl methyl sites for hydroxylation is 1. The zero-order valence-corrected chi connectivity index (χ0v) is 20.8. The van der Waals surface area contributed by atoms with Crippen molar-refractivity contribution in [2.75, 3.05) is 0 Å². The number of nitrogens with zero attached hydrogens (tertiary/aromatic N) is 2. The fourth-order valence-corrected chi connectivity index (χ4v) is 4.57. The third-order valence-electron chi connectivity index (χ3n) is 5.42. The minimum Gasteiger partial charge on any atom is -0.258 e. The molecule has 0 aromatic heterocycles. The minimum atomic E-state index is -3.85. The second kappa shape index (κ2) is 11.3. The van der Waals surface area contributed by atoms with Crippen LogP contribution in [0.1, 0.15) is 27.8 Å². The molecule has 0 aliphatic rings. The lowest BCUT2D eigenvalue weighted by atomic mass is 10.1. The highest BCUT2D eigenvalue weighted by Gasteiger charge is 2.22. The van der Waals surface area contributed by atoms with E-state index in [0.29, 0.717) is 11.1 Å². The summed E-state index contributed by atoms with van der Waals surface area (Å²) in [5.41, 5.74) is 3.84. The molecule has 0 aliphatic carbocycles. The minimum absolute atomic E-state index is 0.0131. The van der Waals surface area contributed by atoms with Gasteiger partial charge in [0, 0.05) is 34.9 Å². The first-order valence-corrected chi connectivity index (χ1v) is 12.8. The number of benzene rings is 4. The smallest absolute Gasteiger partial charge is 0.258 e. The molecule has 0 aliphatic heterocycles. The normalized spacial score (nSPS) is 10.4. The van der Waals surface area contributed by atoms with E-state index >= 15 is 0 Å². The summed E-state index contributed by atoms with van der Waals surface area (Å²) in [6.07, 6.45) is 0. The van der Waals surface area contributed by atoms with Gasteiger partial charge in [0.15, 0.2) is 0 Å². The van der Waals surface area contributed by atoms with Gasteiger partial charge in [0.1, 0.15) is 0 Å². The van der Waals surface area contributed by atoms with Gasteiger partial charge < -0.3 is 0 Å². The number of hydrogen-bond acceptors (Lipinski definition) is 4. The predicted octanol–water partition coefficient (Wildman–Crippen LogP) is 5.50. The molecule has 0 atom stereocenters. The van der Waals surface area contributed by atoms with Gasteiger partial charge in [-0.15, -0.1) is 0 Å². The molecule has 0 heterocycles. The number of rotatable bonds is 5. The first-order chi connectivity index (χ1) is 17.8. The highest BCUT2D eigenvalue weighted by atomic mass is 32.2. The number of nitro benzene ring substituents is 1. The predicted molar refractivity (Wildman–Crippen MR) is 143 cm³/mol. The van der Waals surface area contributed by atoms with Gasteiger partial charge in [0.2, 0.25) is 0 Å². The monoisotopic (exact) mass is 506 g/mol. The largest absolute Gasteiger partial charge is 0.271 e. The Morgan fingerprint density at radius 3 is 1.78 bits per heavy atom. The second-order valence-electron chi connectivity index (χ2n) is 8.18. The second-order valence-corrected chi connectivity index (χ2v) is 10.0. The summed E-state index contributed by atoms with van der Waals surface area (Å²) in [5.74, 6) is 8.94. The molecule has 0 fully saturated rings. The van der Waals surface area contributed by atoms with Gasteiger partial charge in [-0.3, -0.25) is 10.1 Å². The highest BCUT2D eigenvalue weighted by molar-refractivity contribution is 7.89. The van der Waals surface area contributed by atoms with Crippen LogP contribution in [-0.2, 0) is 16.6 Å². The van der Waals surface area contributed by atoms with E-state index in [1.54, 1.807) is 60.7 Å². The molecule has 4 rings (SSSR count). The van der Waals surface area contributed by atoms with E-state index in [-0.39, 0.29) is 17.1 Å². The number of sulfonamides is 1. The lowest BCUT2D eigenvalue weighted by Crippen LogP contribution is -2.26. The number of nitro groups is 1. The van der Waals surface area contributed by atoms with E-state index < -0.39 is 14.9 Å². The van der Waals surface area contributed by atoms with Crippen LogP contribution in [-0.4, -0.2) is 17.6 Å². The Kier molecular flexibility index (Phi) is 7.68. The first kappa shape index (κ1) is 25.2. The van der Waals surface area contributed by atoms with Crippen molar-refractivity contribution in [3.05, 3.63) is 141 Å². The average Bonchev–Trinajstić information content (AvgIpc) is 2.91. The van der Waals surface area contributed by atoms with Crippen molar-refractivity contribution < 1.29 is 13.3 Å². The van der Waals surface area contributed by atoms with Crippen LogP contribution < -0.4 is 0 Å². The lowest BCUT2D eigenvalue weighted by Gasteiger charge is -2.18. The molecule has 182 valence electrons. The fourth-order valence-electron chi connectivity index (χ4n) is 3.35. The summed E-state index contributed by atoms with van der Waals surface area (Å²) < 4.78 is 27.9. The molecule has 4 aromatic carbocycles. The van der Waals surface area contributed by atoms with Crippen LogP contribution in [0.25, 0.3) is 0 Å². The van der Waals surface area contributed by atoms with E-state index in [9.17, 15) is 18.5 Å². The van der Waals surface area contributed by atoms with Gasteiger partial charge in [-0.25, -0.2) is 12.7 Å². The van der Waals surface area contributed by atoms with Crippen LogP contribution >= 0.6 is 0 Å². The number of non-ortho nitro benzene ring substituents is 1. The topological polar surface area (TPSA) is 80.5 Å². The summed E-state index contributed by atoms with van der Waals surface area (Å²) >= 11 is 0. The van der Waals surface area contributed by atoms with Crippen LogP contribution in [0.2, 0.25) is 0 Å². The van der Waals surface area contributed by atoms with Gasteiger partial charge in [-0.05, 0) is 66.9 Å². The maximum atomic E-state index is 13.4. The molecule has 6 nitrogen and oxygen atoms in total. The van der Waals surface area contributed by atoms with Gasteiger partial charge in [0.25, 0.3) is 15.7 Å². The molecule has 0 radical (unpaired) electrons. The Morgan fingerprint density at radius 1 is 0.730 bits per heavy atom. The maximum absolute atomic E-state index is 13.4. The molecular formula is C30H22N2O4S. The lowest BCUT2D eigenvalue weighted by molar-refractivity contribution is -0.384. The van der Waals surface area contributed by atoms with E-state index in [0.717, 1.165) is 21.0 Å². The van der Waals surface area contributed by atoms with Crippen molar-refractivity contribution in [1.29, 1.82) is 0 Å².